The number of rotatable bonds is 17. The summed E-state index contributed by atoms with van der Waals surface area (Å²) in [5.41, 5.74) is 0.967. The number of benzene rings is 2. The fraction of sp³-hybridized carbons (Fsp3) is 0.596. The molecule has 1 aliphatic heterocycles. The van der Waals surface area contributed by atoms with Crippen molar-refractivity contribution < 1.29 is 43.0 Å². The largest absolute Gasteiger partial charge is 0.459 e. The summed E-state index contributed by atoms with van der Waals surface area (Å²) in [6.45, 7) is 6.76. The highest BCUT2D eigenvalue weighted by Gasteiger charge is 2.45. The third-order valence-corrected chi connectivity index (χ3v) is 12.0. The zero-order chi connectivity index (χ0) is 43.9. The molecule has 2 aliphatic carbocycles. The standard InChI is InChI=1S/C47H65N5O9/c1-5-18-36(41(54)43(56)48-28-38(53)50-40(34-25-16-9-17-26-34)45(58)60-30-31-19-10-6-11-20-31)49-42(55)37-27-35(32-21-12-7-13-22-32)29-52(37)44(57)39(33-23-14-8-15-24-33)51-46(59)61-47(2,3)4/h6-7,10-13,19-22,33-37,39-40H,5,8-9,14-18,23-30H2,1-4H3,(H,48,56)(H,49,55)(H,50,53)(H,51,59). The van der Waals surface area contributed by atoms with Crippen LogP contribution in [0.15, 0.2) is 60.7 Å². The second-order valence-electron chi connectivity index (χ2n) is 17.8. The fourth-order valence-electron chi connectivity index (χ4n) is 8.87. The van der Waals surface area contributed by atoms with E-state index in [0.717, 1.165) is 75.3 Å². The molecule has 3 fully saturated rings. The Labute approximate surface area is 360 Å². The maximum Gasteiger partial charge on any atom is 0.408 e. The van der Waals surface area contributed by atoms with Crippen molar-refractivity contribution in [1.82, 2.24) is 26.2 Å². The number of ether oxygens (including phenoxy) is 2. The van der Waals surface area contributed by atoms with Gasteiger partial charge in [-0.1, -0.05) is 113 Å². The summed E-state index contributed by atoms with van der Waals surface area (Å²) in [6.07, 6.45) is 8.82. The molecule has 2 aromatic rings. The molecule has 1 saturated heterocycles. The molecule has 5 atom stereocenters. The first kappa shape index (κ1) is 46.8. The molecule has 0 bridgehead atoms. The lowest BCUT2D eigenvalue weighted by Gasteiger charge is -2.35. The number of carbonyl (C=O) groups is 7. The van der Waals surface area contributed by atoms with Gasteiger partial charge in [0.25, 0.3) is 5.91 Å². The van der Waals surface area contributed by atoms with Crippen molar-refractivity contribution in [2.24, 2.45) is 11.8 Å². The van der Waals surface area contributed by atoms with Gasteiger partial charge >= 0.3 is 12.1 Å². The number of likely N-dealkylation sites (tertiary alicyclic amines) is 1. The van der Waals surface area contributed by atoms with Crippen LogP contribution in [0.3, 0.4) is 0 Å². The Hall–Kier alpha value is -5.27. The van der Waals surface area contributed by atoms with Crippen molar-refractivity contribution in [1.29, 1.82) is 0 Å². The number of hydrogen-bond donors (Lipinski definition) is 4. The number of esters is 1. The minimum absolute atomic E-state index is 0.0539. The van der Waals surface area contributed by atoms with Crippen molar-refractivity contribution in [2.75, 3.05) is 13.1 Å². The highest BCUT2D eigenvalue weighted by Crippen LogP contribution is 2.35. The molecular weight excluding hydrogens is 779 g/mol. The molecule has 14 heteroatoms. The monoisotopic (exact) mass is 843 g/mol. The van der Waals surface area contributed by atoms with Crippen LogP contribution < -0.4 is 21.3 Å². The van der Waals surface area contributed by atoms with Gasteiger partial charge in [-0.3, -0.25) is 24.0 Å². The van der Waals surface area contributed by atoms with E-state index in [1.807, 2.05) is 67.6 Å². The van der Waals surface area contributed by atoms with Gasteiger partial charge in [-0.25, -0.2) is 9.59 Å². The Morgan fingerprint density at radius 1 is 0.754 bits per heavy atom. The van der Waals surface area contributed by atoms with Crippen LogP contribution in [0, 0.1) is 11.8 Å². The minimum atomic E-state index is -1.23. The Morgan fingerprint density at radius 3 is 1.93 bits per heavy atom. The topological polar surface area (TPSA) is 189 Å². The molecule has 3 aliphatic rings. The number of ketones is 1. The van der Waals surface area contributed by atoms with Crippen LogP contribution in [-0.2, 0) is 44.8 Å². The molecule has 5 rings (SSSR count). The van der Waals surface area contributed by atoms with Gasteiger partial charge in [0.2, 0.25) is 23.5 Å². The molecule has 1 heterocycles. The number of Topliss-reactive ketones (excluding diaryl/α,β-unsaturated/α-hetero) is 1. The lowest BCUT2D eigenvalue weighted by atomic mass is 9.83. The Kier molecular flexibility index (Phi) is 17.3. The fourth-order valence-corrected chi connectivity index (χ4v) is 8.87. The highest BCUT2D eigenvalue weighted by atomic mass is 16.6. The second-order valence-corrected chi connectivity index (χ2v) is 17.8. The summed E-state index contributed by atoms with van der Waals surface area (Å²) >= 11 is 0. The average molecular weight is 844 g/mol. The van der Waals surface area contributed by atoms with Crippen LogP contribution >= 0.6 is 0 Å². The first-order valence-corrected chi connectivity index (χ1v) is 22.2. The van der Waals surface area contributed by atoms with Gasteiger partial charge in [-0.2, -0.15) is 0 Å². The molecule has 0 aromatic heterocycles. The lowest BCUT2D eigenvalue weighted by molar-refractivity contribution is -0.151. The maximum absolute atomic E-state index is 14.6. The van der Waals surface area contributed by atoms with E-state index in [4.69, 9.17) is 9.47 Å². The van der Waals surface area contributed by atoms with Crippen LogP contribution in [0.1, 0.15) is 128 Å². The van der Waals surface area contributed by atoms with Gasteiger partial charge in [0, 0.05) is 12.5 Å². The summed E-state index contributed by atoms with van der Waals surface area (Å²) in [6, 6.07) is 14.7. The second kappa shape index (κ2) is 22.5. The smallest absolute Gasteiger partial charge is 0.408 e. The number of carbonyl (C=O) groups excluding carboxylic acids is 7. The quantitative estimate of drug-likeness (QED) is 0.116. The van der Waals surface area contributed by atoms with E-state index in [0.29, 0.717) is 6.42 Å². The van der Waals surface area contributed by atoms with Crippen molar-refractivity contribution >= 4 is 41.5 Å². The van der Waals surface area contributed by atoms with Gasteiger partial charge in [-0.15, -0.1) is 0 Å². The predicted octanol–water partition coefficient (Wildman–Crippen LogP) is 5.62. The predicted molar refractivity (Wildman–Crippen MR) is 229 cm³/mol. The molecular formula is C47H65N5O9. The number of alkyl carbamates (subject to hydrolysis) is 1. The number of nitrogens with zero attached hydrogens (tertiary/aromatic N) is 1. The normalized spacial score (nSPS) is 20.0. The SMILES string of the molecule is CCCC(NC(=O)C1CC(c2ccccc2)CN1C(=O)C(NC(=O)OC(C)(C)C)C1CCCCC1)C(=O)C(=O)NCC(=O)NC(C(=O)OCc1ccccc1)C1CCCCC1. The molecule has 0 spiro atoms. The Balaban J connectivity index is 1.26. The highest BCUT2D eigenvalue weighted by molar-refractivity contribution is 6.38. The summed E-state index contributed by atoms with van der Waals surface area (Å²) in [7, 11) is 0. The van der Waals surface area contributed by atoms with Gasteiger partial charge < -0.3 is 35.6 Å². The summed E-state index contributed by atoms with van der Waals surface area (Å²) in [5.74, 6) is -4.67. The summed E-state index contributed by atoms with van der Waals surface area (Å²) in [5, 5.41) is 10.8. The van der Waals surface area contributed by atoms with Crippen LogP contribution in [0.25, 0.3) is 0 Å². The Morgan fingerprint density at radius 2 is 1.34 bits per heavy atom. The van der Waals surface area contributed by atoms with Crippen molar-refractivity contribution in [2.45, 2.75) is 153 Å². The summed E-state index contributed by atoms with van der Waals surface area (Å²) < 4.78 is 11.2. The third-order valence-electron chi connectivity index (χ3n) is 12.0. The van der Waals surface area contributed by atoms with E-state index in [-0.39, 0.29) is 43.7 Å². The van der Waals surface area contributed by atoms with E-state index in [1.165, 1.54) is 4.90 Å². The number of hydrogen-bond acceptors (Lipinski definition) is 9. The molecule has 5 amide bonds. The zero-order valence-electron chi connectivity index (χ0n) is 36.3. The first-order valence-electron chi connectivity index (χ1n) is 22.2. The molecule has 14 nitrogen and oxygen atoms in total. The molecule has 5 unspecified atom stereocenters. The Bertz CT molecular complexity index is 1810. The molecule has 61 heavy (non-hydrogen) atoms. The molecule has 2 aromatic carbocycles. The van der Waals surface area contributed by atoms with E-state index in [1.54, 1.807) is 20.8 Å². The third kappa shape index (κ3) is 13.9. The minimum Gasteiger partial charge on any atom is -0.459 e. The lowest BCUT2D eigenvalue weighted by Crippen LogP contribution is -2.58. The number of nitrogens with one attached hydrogen (secondary N) is 4. The van der Waals surface area contributed by atoms with Crippen molar-refractivity contribution in [3.63, 3.8) is 0 Å². The average Bonchev–Trinajstić information content (AvgIpc) is 3.72. The van der Waals surface area contributed by atoms with E-state index < -0.39 is 77.8 Å². The maximum atomic E-state index is 14.6. The molecule has 332 valence electrons. The van der Waals surface area contributed by atoms with Gasteiger partial charge in [0.05, 0.1) is 12.6 Å². The van der Waals surface area contributed by atoms with Crippen LogP contribution in [-0.4, -0.2) is 89.2 Å². The first-order chi connectivity index (χ1) is 29.2. The molecule has 0 radical (unpaired) electrons. The molecule has 2 saturated carbocycles. The van der Waals surface area contributed by atoms with E-state index in [9.17, 15) is 33.6 Å². The van der Waals surface area contributed by atoms with Gasteiger partial charge in [0.1, 0.15) is 30.3 Å². The van der Waals surface area contributed by atoms with Crippen LogP contribution in [0.5, 0.6) is 0 Å². The van der Waals surface area contributed by atoms with Crippen LogP contribution in [0.2, 0.25) is 0 Å². The van der Waals surface area contributed by atoms with Crippen LogP contribution in [0.4, 0.5) is 4.79 Å². The van der Waals surface area contributed by atoms with Crippen molar-refractivity contribution in [3.8, 4) is 0 Å². The van der Waals surface area contributed by atoms with E-state index >= 15 is 0 Å². The van der Waals surface area contributed by atoms with Gasteiger partial charge in [0.15, 0.2) is 0 Å². The summed E-state index contributed by atoms with van der Waals surface area (Å²) in [4.78, 5) is 97.0. The zero-order valence-corrected chi connectivity index (χ0v) is 36.3. The molecule has 4 N–H and O–H groups in total. The van der Waals surface area contributed by atoms with Crippen molar-refractivity contribution in [3.05, 3.63) is 71.8 Å². The van der Waals surface area contributed by atoms with Gasteiger partial charge in [-0.05, 0) is 82.3 Å². The van der Waals surface area contributed by atoms with E-state index in [2.05, 4.69) is 21.3 Å². The number of amides is 5.